The lowest BCUT2D eigenvalue weighted by atomic mass is 10.2. The number of nitrogens with zero attached hydrogens (tertiary/aromatic N) is 4. The Hall–Kier alpha value is -1.27. The molecule has 2 rings (SSSR count). The van der Waals surface area contributed by atoms with Crippen LogP contribution in [0.1, 0.15) is 18.5 Å². The molecule has 0 saturated heterocycles. The van der Waals surface area contributed by atoms with Crippen LogP contribution < -0.4 is 5.73 Å². The molecule has 0 aliphatic heterocycles. The summed E-state index contributed by atoms with van der Waals surface area (Å²) < 4.78 is 2.66. The van der Waals surface area contributed by atoms with E-state index in [0.717, 1.165) is 41.7 Å². The Bertz CT molecular complexity index is 482. The number of nitrogens with two attached hydrogens (primary N) is 1. The highest BCUT2D eigenvalue weighted by Gasteiger charge is 2.03. The van der Waals surface area contributed by atoms with Crippen LogP contribution >= 0.6 is 15.9 Å². The first-order valence-corrected chi connectivity index (χ1v) is 6.31. The Labute approximate surface area is 108 Å². The number of rotatable bonds is 5. The third-order valence-corrected chi connectivity index (χ3v) is 2.82. The highest BCUT2D eigenvalue weighted by molar-refractivity contribution is 9.10. The number of unbranched alkanes of at least 4 members (excludes halogenated alkanes) is 1. The molecule has 0 amide bonds. The second-order valence-corrected chi connectivity index (χ2v) is 4.68. The second kappa shape index (κ2) is 5.88. The third kappa shape index (κ3) is 3.34. The summed E-state index contributed by atoms with van der Waals surface area (Å²) in [6.07, 6.45) is 8.40. The molecule has 6 heteroatoms. The predicted molar refractivity (Wildman–Crippen MR) is 68.8 cm³/mol. The van der Waals surface area contributed by atoms with Crippen LogP contribution in [0.3, 0.4) is 0 Å². The van der Waals surface area contributed by atoms with E-state index in [1.165, 1.54) is 0 Å². The van der Waals surface area contributed by atoms with Gasteiger partial charge in [-0.1, -0.05) is 5.21 Å². The van der Waals surface area contributed by atoms with Crippen molar-refractivity contribution in [2.45, 2.75) is 19.3 Å². The van der Waals surface area contributed by atoms with Gasteiger partial charge in [-0.25, -0.2) is 4.68 Å². The van der Waals surface area contributed by atoms with Gasteiger partial charge in [-0.2, -0.15) is 0 Å². The maximum Gasteiger partial charge on any atom is 0.0858 e. The van der Waals surface area contributed by atoms with Gasteiger partial charge < -0.3 is 5.73 Å². The van der Waals surface area contributed by atoms with Gasteiger partial charge in [0.2, 0.25) is 0 Å². The summed E-state index contributed by atoms with van der Waals surface area (Å²) in [5.74, 6) is 0. The van der Waals surface area contributed by atoms with Crippen molar-refractivity contribution in [3.63, 3.8) is 0 Å². The molecule has 0 spiro atoms. The fraction of sp³-hybridized carbons (Fsp3) is 0.364. The van der Waals surface area contributed by atoms with Crippen molar-refractivity contribution in [3.8, 4) is 5.69 Å². The van der Waals surface area contributed by atoms with Crippen LogP contribution in [0.5, 0.6) is 0 Å². The quantitative estimate of drug-likeness (QED) is 0.853. The molecule has 0 aromatic carbocycles. The molecular weight excluding hydrogens is 282 g/mol. The van der Waals surface area contributed by atoms with Crippen LogP contribution in [-0.4, -0.2) is 26.5 Å². The van der Waals surface area contributed by atoms with Crippen LogP contribution in [0.15, 0.2) is 29.1 Å². The molecule has 2 aromatic heterocycles. The zero-order valence-electron chi connectivity index (χ0n) is 9.38. The normalized spacial score (nSPS) is 10.7. The molecule has 17 heavy (non-hydrogen) atoms. The SMILES string of the molecule is NCCCCc1cn(-c2cncc(Br)c2)nn1. The lowest BCUT2D eigenvalue weighted by Gasteiger charge is -1.98. The third-order valence-electron chi connectivity index (χ3n) is 2.38. The van der Waals surface area contributed by atoms with E-state index in [-0.39, 0.29) is 0 Å². The van der Waals surface area contributed by atoms with Crippen molar-refractivity contribution in [1.29, 1.82) is 0 Å². The fourth-order valence-electron chi connectivity index (χ4n) is 1.52. The van der Waals surface area contributed by atoms with Gasteiger partial charge in [0, 0.05) is 10.7 Å². The van der Waals surface area contributed by atoms with E-state index in [4.69, 9.17) is 5.73 Å². The molecule has 0 unspecified atom stereocenters. The van der Waals surface area contributed by atoms with Crippen molar-refractivity contribution in [1.82, 2.24) is 20.0 Å². The van der Waals surface area contributed by atoms with E-state index in [1.54, 1.807) is 17.1 Å². The Kier molecular flexibility index (Phi) is 4.22. The minimum absolute atomic E-state index is 0.726. The molecule has 0 aliphatic rings. The van der Waals surface area contributed by atoms with Crippen molar-refractivity contribution in [2.75, 3.05) is 6.54 Å². The predicted octanol–water partition coefficient (Wildman–Crippen LogP) is 1.71. The fourth-order valence-corrected chi connectivity index (χ4v) is 1.87. The first-order valence-electron chi connectivity index (χ1n) is 5.52. The average molecular weight is 296 g/mol. The lowest BCUT2D eigenvalue weighted by Crippen LogP contribution is -1.99. The van der Waals surface area contributed by atoms with Gasteiger partial charge in [0.05, 0.1) is 23.8 Å². The van der Waals surface area contributed by atoms with Gasteiger partial charge in [-0.3, -0.25) is 4.98 Å². The van der Waals surface area contributed by atoms with Gasteiger partial charge in [0.25, 0.3) is 0 Å². The van der Waals surface area contributed by atoms with E-state index in [9.17, 15) is 0 Å². The molecule has 0 aliphatic carbocycles. The summed E-state index contributed by atoms with van der Waals surface area (Å²) in [5, 5.41) is 8.20. The number of pyridine rings is 1. The largest absolute Gasteiger partial charge is 0.330 e. The van der Waals surface area contributed by atoms with Crippen molar-refractivity contribution < 1.29 is 0 Å². The summed E-state index contributed by atoms with van der Waals surface area (Å²) in [5.41, 5.74) is 7.34. The molecule has 0 bridgehead atoms. The topological polar surface area (TPSA) is 69.6 Å². The molecule has 2 N–H and O–H groups in total. The summed E-state index contributed by atoms with van der Waals surface area (Å²) in [6.45, 7) is 0.726. The summed E-state index contributed by atoms with van der Waals surface area (Å²) >= 11 is 3.38. The number of aryl methyl sites for hydroxylation is 1. The zero-order valence-corrected chi connectivity index (χ0v) is 11.0. The van der Waals surface area contributed by atoms with E-state index in [1.807, 2.05) is 12.3 Å². The Morgan fingerprint density at radius 3 is 2.94 bits per heavy atom. The maximum absolute atomic E-state index is 5.45. The molecule has 5 nitrogen and oxygen atoms in total. The summed E-state index contributed by atoms with van der Waals surface area (Å²) in [6, 6.07) is 1.95. The Morgan fingerprint density at radius 1 is 1.29 bits per heavy atom. The summed E-state index contributed by atoms with van der Waals surface area (Å²) in [7, 11) is 0. The first kappa shape index (κ1) is 12.2. The number of aromatic nitrogens is 4. The molecule has 90 valence electrons. The van der Waals surface area contributed by atoms with Crippen molar-refractivity contribution in [2.24, 2.45) is 5.73 Å². The smallest absolute Gasteiger partial charge is 0.0858 e. The molecule has 2 heterocycles. The van der Waals surface area contributed by atoms with Crippen molar-refractivity contribution >= 4 is 15.9 Å². The van der Waals surface area contributed by atoms with Gasteiger partial charge in [-0.15, -0.1) is 5.10 Å². The van der Waals surface area contributed by atoms with Gasteiger partial charge >= 0.3 is 0 Å². The van der Waals surface area contributed by atoms with Gasteiger partial charge in [-0.05, 0) is 47.8 Å². The number of hydrogen-bond acceptors (Lipinski definition) is 4. The molecule has 2 aromatic rings. The Balaban J connectivity index is 2.07. The maximum atomic E-state index is 5.45. The van der Waals surface area contributed by atoms with Crippen LogP contribution in [0.25, 0.3) is 5.69 Å². The second-order valence-electron chi connectivity index (χ2n) is 3.76. The number of halogens is 1. The van der Waals surface area contributed by atoms with E-state index in [2.05, 4.69) is 31.2 Å². The Morgan fingerprint density at radius 2 is 2.18 bits per heavy atom. The monoisotopic (exact) mass is 295 g/mol. The molecular formula is C11H14BrN5. The molecule has 0 saturated carbocycles. The average Bonchev–Trinajstić information content (AvgIpc) is 2.78. The van der Waals surface area contributed by atoms with Crippen LogP contribution in [0.2, 0.25) is 0 Å². The van der Waals surface area contributed by atoms with Crippen LogP contribution in [0, 0.1) is 0 Å². The van der Waals surface area contributed by atoms with E-state index >= 15 is 0 Å². The standard InChI is InChI=1S/C11H14BrN5/c12-9-5-11(7-14-6-9)17-8-10(15-16-17)3-1-2-4-13/h5-8H,1-4,13H2. The van der Waals surface area contributed by atoms with Gasteiger partial charge in [0.1, 0.15) is 0 Å². The molecule has 0 radical (unpaired) electrons. The highest BCUT2D eigenvalue weighted by atomic mass is 79.9. The zero-order chi connectivity index (χ0) is 12.1. The van der Waals surface area contributed by atoms with Gasteiger partial charge in [0.15, 0.2) is 0 Å². The van der Waals surface area contributed by atoms with Crippen molar-refractivity contribution in [3.05, 3.63) is 34.8 Å². The summed E-state index contributed by atoms with van der Waals surface area (Å²) in [4.78, 5) is 4.09. The molecule has 0 atom stereocenters. The molecule has 0 fully saturated rings. The minimum Gasteiger partial charge on any atom is -0.330 e. The van der Waals surface area contributed by atoms with Crippen LogP contribution in [-0.2, 0) is 6.42 Å². The highest BCUT2D eigenvalue weighted by Crippen LogP contribution is 2.13. The van der Waals surface area contributed by atoms with E-state index < -0.39 is 0 Å². The van der Waals surface area contributed by atoms with E-state index in [0.29, 0.717) is 0 Å². The lowest BCUT2D eigenvalue weighted by molar-refractivity contribution is 0.727. The number of hydrogen-bond donors (Lipinski definition) is 1. The minimum atomic E-state index is 0.726. The first-order chi connectivity index (χ1) is 8.29. The van der Waals surface area contributed by atoms with Crippen LogP contribution in [0.4, 0.5) is 0 Å².